The van der Waals surface area contributed by atoms with Crippen molar-refractivity contribution in [3.63, 3.8) is 0 Å². The molecule has 1 aliphatic rings. The third kappa shape index (κ3) is 6.18. The van der Waals surface area contributed by atoms with Crippen LogP contribution >= 0.6 is 0 Å². The van der Waals surface area contributed by atoms with Gasteiger partial charge in [0.2, 0.25) is 0 Å². The second-order valence-corrected chi connectivity index (χ2v) is 7.83. The predicted molar refractivity (Wildman–Crippen MR) is 135 cm³/mol. The van der Waals surface area contributed by atoms with Gasteiger partial charge in [-0.05, 0) is 37.0 Å². The van der Waals surface area contributed by atoms with E-state index >= 15 is 0 Å². The van der Waals surface area contributed by atoms with Crippen molar-refractivity contribution in [1.82, 2.24) is 4.57 Å². The van der Waals surface area contributed by atoms with Crippen molar-refractivity contribution in [2.75, 3.05) is 14.2 Å². The second kappa shape index (κ2) is 12.8. The number of hydrogen-bond donors (Lipinski definition) is 3. The molecule has 1 aromatic carbocycles. The van der Waals surface area contributed by atoms with Gasteiger partial charge in [0.25, 0.3) is 0 Å². The SMILES string of the molecule is C#CC1CCC(n2cc(/C(N)=C/C=NC)c(Cc3ccc(O)cc3OC)c2/N=C\N=CN)C1.[W]. The zero-order valence-corrected chi connectivity index (χ0v) is 22.3. The first-order valence-electron chi connectivity index (χ1n) is 10.7. The van der Waals surface area contributed by atoms with Crippen molar-refractivity contribution >= 4 is 30.4 Å². The van der Waals surface area contributed by atoms with E-state index in [9.17, 15) is 5.11 Å². The maximum Gasteiger partial charge on any atom is 0.138 e. The minimum absolute atomic E-state index is 0. The van der Waals surface area contributed by atoms with Crippen LogP contribution in [0.5, 0.6) is 11.5 Å². The summed E-state index contributed by atoms with van der Waals surface area (Å²) in [4.78, 5) is 12.6. The molecule has 2 atom stereocenters. The standard InChI is InChI=1S/C25H30N6O2.W/c1-4-17-5-7-19(11-17)31-14-22(23(27)9-10-28-2)21(25(31)30-16-29-15-26)12-18-6-8-20(32)13-24(18)33-3;/h1,6,8-10,13-17,19,32H,5,7,11-12,27H2,2-3H3,(H2,26,29,30);/b23-9-,28-10?;. The molecule has 2 unspecified atom stereocenters. The molecule has 1 heterocycles. The Balaban J connectivity index is 0.00000408. The number of rotatable bonds is 8. The normalized spacial score (nSPS) is 18.6. The summed E-state index contributed by atoms with van der Waals surface area (Å²) in [5.74, 6) is 4.56. The fourth-order valence-electron chi connectivity index (χ4n) is 4.20. The fraction of sp³-hybridized carbons (Fsp3) is 0.320. The number of ether oxygens (including phenoxy) is 1. The Morgan fingerprint density at radius 2 is 2.18 bits per heavy atom. The number of terminal acetylenes is 1. The van der Waals surface area contributed by atoms with E-state index in [1.165, 1.54) is 12.7 Å². The van der Waals surface area contributed by atoms with Crippen LogP contribution in [0.4, 0.5) is 5.82 Å². The number of nitrogens with two attached hydrogens (primary N) is 2. The predicted octanol–water partition coefficient (Wildman–Crippen LogP) is 3.41. The van der Waals surface area contributed by atoms with Gasteiger partial charge >= 0.3 is 0 Å². The van der Waals surface area contributed by atoms with Crippen LogP contribution in [0.15, 0.2) is 45.4 Å². The summed E-state index contributed by atoms with van der Waals surface area (Å²) in [7, 11) is 3.26. The van der Waals surface area contributed by atoms with Crippen LogP contribution in [0.3, 0.4) is 0 Å². The molecule has 1 aliphatic carbocycles. The van der Waals surface area contributed by atoms with E-state index in [0.29, 0.717) is 17.9 Å². The summed E-state index contributed by atoms with van der Waals surface area (Å²) < 4.78 is 7.64. The van der Waals surface area contributed by atoms with Crippen LogP contribution in [-0.2, 0) is 27.5 Å². The average molecular weight is 630 g/mol. The first kappa shape index (κ1) is 26.9. The van der Waals surface area contributed by atoms with Gasteiger partial charge in [0.1, 0.15) is 23.7 Å². The molecule has 0 spiro atoms. The first-order chi connectivity index (χ1) is 16.0. The third-order valence-corrected chi connectivity index (χ3v) is 5.83. The van der Waals surface area contributed by atoms with Crippen molar-refractivity contribution in [1.29, 1.82) is 0 Å². The van der Waals surface area contributed by atoms with Gasteiger partial charge in [-0.3, -0.25) is 4.99 Å². The number of hydrogen-bond acceptors (Lipinski definition) is 5. The summed E-state index contributed by atoms with van der Waals surface area (Å²) in [5.41, 5.74) is 15.1. The molecule has 1 fully saturated rings. The third-order valence-electron chi connectivity index (χ3n) is 5.83. The van der Waals surface area contributed by atoms with Gasteiger partial charge in [-0.1, -0.05) is 6.07 Å². The van der Waals surface area contributed by atoms with E-state index in [1.807, 2.05) is 12.3 Å². The molecular weight excluding hydrogens is 600 g/mol. The van der Waals surface area contributed by atoms with Gasteiger partial charge in [0.15, 0.2) is 0 Å². The maximum absolute atomic E-state index is 9.87. The topological polar surface area (TPSA) is 124 Å². The van der Waals surface area contributed by atoms with Crippen LogP contribution in [0.2, 0.25) is 0 Å². The van der Waals surface area contributed by atoms with Gasteiger partial charge < -0.3 is 25.9 Å². The van der Waals surface area contributed by atoms with E-state index < -0.39 is 0 Å². The van der Waals surface area contributed by atoms with E-state index in [4.69, 9.17) is 22.6 Å². The minimum atomic E-state index is 0. The smallest absolute Gasteiger partial charge is 0.138 e. The maximum atomic E-state index is 9.87. The Hall–Kier alpha value is -3.30. The summed E-state index contributed by atoms with van der Waals surface area (Å²) in [6, 6.07) is 5.25. The molecule has 178 valence electrons. The van der Waals surface area contributed by atoms with E-state index in [1.54, 1.807) is 38.6 Å². The minimum Gasteiger partial charge on any atom is -0.508 e. The molecule has 1 aromatic heterocycles. The van der Waals surface area contributed by atoms with Gasteiger partial charge in [0.05, 0.1) is 13.4 Å². The number of phenols is 1. The summed E-state index contributed by atoms with van der Waals surface area (Å²) in [6.45, 7) is 0. The molecule has 34 heavy (non-hydrogen) atoms. The van der Waals surface area contributed by atoms with Gasteiger partial charge in [-0.15, -0.1) is 12.3 Å². The number of allylic oxidation sites excluding steroid dienone is 1. The summed E-state index contributed by atoms with van der Waals surface area (Å²) >= 11 is 0. The molecule has 0 aliphatic heterocycles. The van der Waals surface area contributed by atoms with Crippen LogP contribution in [0.1, 0.15) is 42.0 Å². The molecule has 0 saturated heterocycles. The molecule has 0 amide bonds. The van der Waals surface area contributed by atoms with Crippen molar-refractivity contribution in [3.05, 3.63) is 47.2 Å². The Labute approximate surface area is 214 Å². The van der Waals surface area contributed by atoms with Crippen molar-refractivity contribution < 1.29 is 30.9 Å². The monoisotopic (exact) mass is 630 g/mol. The zero-order valence-electron chi connectivity index (χ0n) is 19.4. The van der Waals surface area contributed by atoms with Gasteiger partial charge in [-0.25, -0.2) is 9.98 Å². The van der Waals surface area contributed by atoms with E-state index in [-0.39, 0.29) is 38.8 Å². The number of nitrogens with zero attached hydrogens (tertiary/aromatic N) is 4. The molecule has 8 nitrogen and oxygen atoms in total. The number of methoxy groups -OCH3 is 1. The average Bonchev–Trinajstić information content (AvgIpc) is 3.43. The number of phenolic OH excluding ortho intramolecular Hbond substituents is 1. The van der Waals surface area contributed by atoms with Crippen LogP contribution in [-0.4, -0.2) is 42.7 Å². The number of benzene rings is 1. The number of aromatic hydroxyl groups is 1. The second-order valence-electron chi connectivity index (χ2n) is 7.83. The molecular formula is C25H30N6O2W. The molecule has 5 N–H and O–H groups in total. The van der Waals surface area contributed by atoms with Crippen molar-refractivity contribution in [2.45, 2.75) is 31.7 Å². The molecule has 0 bridgehead atoms. The Kier molecular flexibility index (Phi) is 10.2. The first-order valence-corrected chi connectivity index (χ1v) is 10.7. The molecule has 1 saturated carbocycles. The van der Waals surface area contributed by atoms with Crippen LogP contribution < -0.4 is 16.2 Å². The fourth-order valence-corrected chi connectivity index (χ4v) is 4.20. The Morgan fingerprint density at radius 3 is 2.82 bits per heavy atom. The molecule has 3 rings (SSSR count). The Bertz CT molecular complexity index is 1140. The number of aromatic nitrogens is 1. The number of aliphatic imine (C=N–C) groups is 3. The molecule has 9 heteroatoms. The quantitative estimate of drug-likeness (QED) is 0.235. The van der Waals surface area contributed by atoms with E-state index in [2.05, 4.69) is 25.5 Å². The van der Waals surface area contributed by atoms with Crippen LogP contribution in [0.25, 0.3) is 5.70 Å². The van der Waals surface area contributed by atoms with Crippen LogP contribution in [0, 0.1) is 18.3 Å². The van der Waals surface area contributed by atoms with Crippen molar-refractivity contribution in [2.24, 2.45) is 32.4 Å². The molecule has 0 radical (unpaired) electrons. The largest absolute Gasteiger partial charge is 0.508 e. The zero-order chi connectivity index (χ0) is 23.8. The summed E-state index contributed by atoms with van der Waals surface area (Å²) in [6.07, 6.45) is 17.0. The van der Waals surface area contributed by atoms with Crippen molar-refractivity contribution in [3.8, 4) is 23.8 Å². The Morgan fingerprint density at radius 1 is 1.38 bits per heavy atom. The summed E-state index contributed by atoms with van der Waals surface area (Å²) in [5, 5.41) is 9.87. The van der Waals surface area contributed by atoms with E-state index in [0.717, 1.165) is 41.8 Å². The van der Waals surface area contributed by atoms with Gasteiger partial charge in [0, 0.05) is 81.8 Å². The molecule has 2 aromatic rings. The van der Waals surface area contributed by atoms with Gasteiger partial charge in [-0.2, -0.15) is 0 Å².